The van der Waals surface area contributed by atoms with Gasteiger partial charge in [0.05, 0.1) is 6.04 Å². The quantitative estimate of drug-likeness (QED) is 0.801. The normalized spacial score (nSPS) is 12.0. The average molecular weight is 325 g/mol. The highest BCUT2D eigenvalue weighted by Crippen LogP contribution is 2.19. The molecule has 2 aromatic carbocycles. The first-order valence-electron chi connectivity index (χ1n) is 8.54. The smallest absolute Gasteiger partial charge is 0.319 e. The Morgan fingerprint density at radius 3 is 2.38 bits per heavy atom. The molecule has 0 heterocycles. The van der Waals surface area contributed by atoms with Gasteiger partial charge in [0.15, 0.2) is 0 Å². The number of amides is 2. The molecule has 1 unspecified atom stereocenters. The lowest BCUT2D eigenvalue weighted by molar-refractivity contribution is 0.210. The maximum atomic E-state index is 12.2. The summed E-state index contributed by atoms with van der Waals surface area (Å²) in [5.74, 6) is 0. The summed E-state index contributed by atoms with van der Waals surface area (Å²) in [5, 5.41) is 5.90. The van der Waals surface area contributed by atoms with Gasteiger partial charge in [0.2, 0.25) is 0 Å². The fraction of sp³-hybridized carbons (Fsp3) is 0.350. The molecule has 0 aromatic heterocycles. The van der Waals surface area contributed by atoms with Crippen molar-refractivity contribution in [3.05, 3.63) is 65.7 Å². The highest BCUT2D eigenvalue weighted by atomic mass is 16.2. The van der Waals surface area contributed by atoms with Gasteiger partial charge in [-0.05, 0) is 43.3 Å². The number of rotatable bonds is 7. The van der Waals surface area contributed by atoms with Crippen molar-refractivity contribution in [3.63, 3.8) is 0 Å². The van der Waals surface area contributed by atoms with Crippen LogP contribution in [0.25, 0.3) is 0 Å². The molecular weight excluding hydrogens is 298 g/mol. The van der Waals surface area contributed by atoms with Crippen LogP contribution >= 0.6 is 0 Å². The number of likely N-dealkylation sites (N-methyl/N-ethyl adjacent to an activating group) is 1. The summed E-state index contributed by atoms with van der Waals surface area (Å²) >= 11 is 0. The van der Waals surface area contributed by atoms with Crippen LogP contribution in [0, 0.1) is 6.92 Å². The highest BCUT2D eigenvalue weighted by Gasteiger charge is 2.18. The van der Waals surface area contributed by atoms with Crippen LogP contribution in [-0.4, -0.2) is 30.6 Å². The monoisotopic (exact) mass is 325 g/mol. The van der Waals surface area contributed by atoms with Crippen LogP contribution < -0.4 is 10.6 Å². The molecule has 2 aromatic rings. The van der Waals surface area contributed by atoms with E-state index in [0.29, 0.717) is 6.54 Å². The van der Waals surface area contributed by atoms with E-state index < -0.39 is 0 Å². The summed E-state index contributed by atoms with van der Waals surface area (Å²) in [6.07, 6.45) is 0. The topological polar surface area (TPSA) is 44.4 Å². The summed E-state index contributed by atoms with van der Waals surface area (Å²) in [5.41, 5.74) is 3.15. The summed E-state index contributed by atoms with van der Waals surface area (Å²) in [6, 6.07) is 18.1. The lowest BCUT2D eigenvalue weighted by Crippen LogP contribution is -2.39. The molecule has 24 heavy (non-hydrogen) atoms. The van der Waals surface area contributed by atoms with Crippen molar-refractivity contribution >= 4 is 11.7 Å². The standard InChI is InChI=1S/C20H27N3O/c1-4-23(5-2)19(17-11-7-6-8-12-17)15-21-20(24)22-18-13-9-10-16(3)14-18/h6-14,19H,4-5,15H2,1-3H3,(H2,21,22,24). The van der Waals surface area contributed by atoms with E-state index in [-0.39, 0.29) is 12.1 Å². The summed E-state index contributed by atoms with van der Waals surface area (Å²) in [4.78, 5) is 14.6. The van der Waals surface area contributed by atoms with E-state index in [4.69, 9.17) is 0 Å². The van der Waals surface area contributed by atoms with Crippen LogP contribution in [0.15, 0.2) is 54.6 Å². The van der Waals surface area contributed by atoms with Gasteiger partial charge in [-0.3, -0.25) is 4.90 Å². The Bertz CT molecular complexity index is 638. The number of nitrogens with zero attached hydrogens (tertiary/aromatic N) is 1. The second-order valence-electron chi connectivity index (χ2n) is 5.85. The number of carbonyl (C=O) groups excluding carboxylic acids is 1. The molecule has 0 saturated carbocycles. The molecule has 0 spiro atoms. The van der Waals surface area contributed by atoms with E-state index in [2.05, 4.69) is 41.5 Å². The predicted octanol–water partition coefficient (Wildman–Crippen LogP) is 4.20. The van der Waals surface area contributed by atoms with Crippen LogP contribution in [0.5, 0.6) is 0 Å². The van der Waals surface area contributed by atoms with E-state index in [9.17, 15) is 4.79 Å². The number of nitrogens with one attached hydrogen (secondary N) is 2. The molecule has 4 nitrogen and oxygen atoms in total. The van der Waals surface area contributed by atoms with Crippen molar-refractivity contribution in [2.45, 2.75) is 26.8 Å². The number of anilines is 1. The Morgan fingerprint density at radius 2 is 1.75 bits per heavy atom. The third-order valence-corrected chi connectivity index (χ3v) is 4.17. The fourth-order valence-electron chi connectivity index (χ4n) is 2.88. The molecule has 2 rings (SSSR count). The summed E-state index contributed by atoms with van der Waals surface area (Å²) in [7, 11) is 0. The van der Waals surface area contributed by atoms with Crippen molar-refractivity contribution in [2.24, 2.45) is 0 Å². The van der Waals surface area contributed by atoms with E-state index in [1.165, 1.54) is 5.56 Å². The van der Waals surface area contributed by atoms with Crippen LogP contribution in [0.4, 0.5) is 10.5 Å². The molecule has 128 valence electrons. The second kappa shape index (κ2) is 9.08. The van der Waals surface area contributed by atoms with Crippen molar-refractivity contribution in [1.29, 1.82) is 0 Å². The fourth-order valence-corrected chi connectivity index (χ4v) is 2.88. The largest absolute Gasteiger partial charge is 0.336 e. The molecule has 1 atom stereocenters. The molecule has 0 radical (unpaired) electrons. The van der Waals surface area contributed by atoms with Crippen LogP contribution in [0.3, 0.4) is 0 Å². The van der Waals surface area contributed by atoms with Gasteiger partial charge in [0.25, 0.3) is 0 Å². The van der Waals surface area contributed by atoms with Gasteiger partial charge in [-0.25, -0.2) is 4.79 Å². The number of aryl methyl sites for hydroxylation is 1. The number of urea groups is 1. The SMILES string of the molecule is CCN(CC)C(CNC(=O)Nc1cccc(C)c1)c1ccccc1. The zero-order chi connectivity index (χ0) is 17.4. The zero-order valence-electron chi connectivity index (χ0n) is 14.8. The Balaban J connectivity index is 2.00. The van der Waals surface area contributed by atoms with E-state index in [1.807, 2.05) is 49.4 Å². The van der Waals surface area contributed by atoms with Gasteiger partial charge < -0.3 is 10.6 Å². The van der Waals surface area contributed by atoms with Gasteiger partial charge >= 0.3 is 6.03 Å². The first-order valence-corrected chi connectivity index (χ1v) is 8.54. The van der Waals surface area contributed by atoms with Gasteiger partial charge in [-0.15, -0.1) is 0 Å². The van der Waals surface area contributed by atoms with Crippen LogP contribution in [-0.2, 0) is 0 Å². The third kappa shape index (κ3) is 5.10. The molecule has 0 saturated heterocycles. The van der Waals surface area contributed by atoms with E-state index in [0.717, 1.165) is 24.3 Å². The zero-order valence-corrected chi connectivity index (χ0v) is 14.8. The second-order valence-corrected chi connectivity index (χ2v) is 5.85. The van der Waals surface area contributed by atoms with Gasteiger partial charge in [0.1, 0.15) is 0 Å². The maximum Gasteiger partial charge on any atom is 0.319 e. The molecule has 2 N–H and O–H groups in total. The minimum absolute atomic E-state index is 0.171. The predicted molar refractivity (Wildman–Crippen MR) is 100 cm³/mol. The maximum absolute atomic E-state index is 12.2. The lowest BCUT2D eigenvalue weighted by atomic mass is 10.1. The van der Waals surface area contributed by atoms with Crippen molar-refractivity contribution in [3.8, 4) is 0 Å². The Kier molecular flexibility index (Phi) is 6.82. The third-order valence-electron chi connectivity index (χ3n) is 4.17. The number of benzene rings is 2. The molecule has 0 aliphatic heterocycles. The van der Waals surface area contributed by atoms with Crippen LogP contribution in [0.2, 0.25) is 0 Å². The van der Waals surface area contributed by atoms with Crippen molar-refractivity contribution in [2.75, 3.05) is 25.0 Å². The Labute approximate surface area is 144 Å². The molecular formula is C20H27N3O. The molecule has 0 aliphatic carbocycles. The molecule has 2 amide bonds. The summed E-state index contributed by atoms with van der Waals surface area (Å²) < 4.78 is 0. The highest BCUT2D eigenvalue weighted by molar-refractivity contribution is 5.89. The minimum atomic E-state index is -0.173. The average Bonchev–Trinajstić information content (AvgIpc) is 2.59. The summed E-state index contributed by atoms with van der Waals surface area (Å²) in [6.45, 7) is 8.76. The van der Waals surface area contributed by atoms with Gasteiger partial charge in [0, 0.05) is 12.2 Å². The molecule has 0 fully saturated rings. The van der Waals surface area contributed by atoms with E-state index >= 15 is 0 Å². The lowest BCUT2D eigenvalue weighted by Gasteiger charge is -2.30. The number of carbonyl (C=O) groups is 1. The van der Waals surface area contributed by atoms with Crippen molar-refractivity contribution < 1.29 is 4.79 Å². The number of hydrogen-bond donors (Lipinski definition) is 2. The first-order chi connectivity index (χ1) is 11.6. The minimum Gasteiger partial charge on any atom is -0.336 e. The first kappa shape index (κ1) is 18.0. The Hall–Kier alpha value is -2.33. The molecule has 0 aliphatic rings. The van der Waals surface area contributed by atoms with Crippen LogP contribution in [0.1, 0.15) is 31.0 Å². The van der Waals surface area contributed by atoms with Crippen molar-refractivity contribution in [1.82, 2.24) is 10.2 Å². The molecule has 4 heteroatoms. The van der Waals surface area contributed by atoms with Gasteiger partial charge in [-0.1, -0.05) is 56.3 Å². The Morgan fingerprint density at radius 1 is 1.04 bits per heavy atom. The van der Waals surface area contributed by atoms with Gasteiger partial charge in [-0.2, -0.15) is 0 Å². The van der Waals surface area contributed by atoms with E-state index in [1.54, 1.807) is 0 Å². The molecule has 0 bridgehead atoms. The number of hydrogen-bond acceptors (Lipinski definition) is 2.